The lowest BCUT2D eigenvalue weighted by Crippen LogP contribution is -2.22. The fraction of sp³-hybridized carbons (Fsp3) is 0.214. The zero-order valence-electron chi connectivity index (χ0n) is 9.99. The fourth-order valence-electron chi connectivity index (χ4n) is 1.73. The van der Waals surface area contributed by atoms with E-state index in [2.05, 4.69) is 5.32 Å². The topological polar surface area (TPSA) is 29.1 Å². The number of carbonyl (C=O) groups is 1. The van der Waals surface area contributed by atoms with Gasteiger partial charge in [-0.2, -0.15) is 0 Å². The van der Waals surface area contributed by atoms with Crippen molar-refractivity contribution in [1.29, 1.82) is 0 Å². The van der Waals surface area contributed by atoms with Gasteiger partial charge >= 0.3 is 0 Å². The molecule has 0 aliphatic heterocycles. The second kappa shape index (κ2) is 5.15. The molecule has 1 amide bonds. The van der Waals surface area contributed by atoms with E-state index in [4.69, 9.17) is 0 Å². The van der Waals surface area contributed by atoms with Gasteiger partial charge in [0.2, 0.25) is 0 Å². The van der Waals surface area contributed by atoms with Crippen molar-refractivity contribution in [2.75, 3.05) is 0 Å². The predicted molar refractivity (Wildman–Crippen MR) is 71.4 cm³/mol. The van der Waals surface area contributed by atoms with Crippen LogP contribution in [-0.4, -0.2) is 5.91 Å². The minimum absolute atomic E-state index is 0.00991. The Morgan fingerprint density at radius 1 is 1.24 bits per heavy atom. The zero-order chi connectivity index (χ0) is 12.3. The second-order valence-corrected chi connectivity index (χ2v) is 5.46. The largest absolute Gasteiger partial charge is 0.348 e. The van der Waals surface area contributed by atoms with Gasteiger partial charge in [-0.25, -0.2) is 0 Å². The maximum Gasteiger partial charge on any atom is 0.252 e. The van der Waals surface area contributed by atoms with Crippen molar-refractivity contribution in [2.24, 2.45) is 0 Å². The number of nitrogens with one attached hydrogen (secondary N) is 1. The average molecular weight is 245 g/mol. The van der Waals surface area contributed by atoms with Crippen molar-refractivity contribution in [3.05, 3.63) is 57.3 Å². The zero-order valence-corrected chi connectivity index (χ0v) is 10.8. The molecular weight excluding hydrogens is 230 g/mol. The van der Waals surface area contributed by atoms with E-state index in [0.29, 0.717) is 6.54 Å². The molecule has 1 heterocycles. The Kier molecular flexibility index (Phi) is 3.59. The van der Waals surface area contributed by atoms with Gasteiger partial charge in [0, 0.05) is 16.3 Å². The molecule has 17 heavy (non-hydrogen) atoms. The Hall–Kier alpha value is -1.61. The van der Waals surface area contributed by atoms with Gasteiger partial charge in [0.1, 0.15) is 0 Å². The van der Waals surface area contributed by atoms with E-state index in [1.165, 1.54) is 4.88 Å². The Bertz CT molecular complexity index is 516. The molecule has 0 saturated heterocycles. The van der Waals surface area contributed by atoms with Crippen LogP contribution in [0.3, 0.4) is 0 Å². The number of hydrogen-bond donors (Lipinski definition) is 1. The van der Waals surface area contributed by atoms with Gasteiger partial charge < -0.3 is 5.32 Å². The minimum atomic E-state index is 0.00991. The highest BCUT2D eigenvalue weighted by Crippen LogP contribution is 2.20. The van der Waals surface area contributed by atoms with Crippen LogP contribution in [0.1, 0.15) is 25.7 Å². The molecule has 0 saturated carbocycles. The van der Waals surface area contributed by atoms with Crippen molar-refractivity contribution in [2.45, 2.75) is 20.4 Å². The third-order valence-electron chi connectivity index (χ3n) is 2.58. The molecule has 2 nitrogen and oxygen atoms in total. The SMILES string of the molecule is Cc1cc(C(=O)NCc2ccccc2)c(C)s1. The Morgan fingerprint density at radius 3 is 2.53 bits per heavy atom. The highest BCUT2D eigenvalue weighted by atomic mass is 32.1. The standard InChI is InChI=1S/C14H15NOS/c1-10-8-13(11(2)17-10)14(16)15-9-12-6-4-3-5-7-12/h3-8H,9H2,1-2H3,(H,15,16). The lowest BCUT2D eigenvalue weighted by molar-refractivity contribution is 0.0951. The molecule has 0 radical (unpaired) electrons. The summed E-state index contributed by atoms with van der Waals surface area (Å²) >= 11 is 1.66. The number of carbonyl (C=O) groups excluding carboxylic acids is 1. The number of hydrogen-bond acceptors (Lipinski definition) is 2. The number of rotatable bonds is 3. The van der Waals surface area contributed by atoms with E-state index in [9.17, 15) is 4.79 Å². The maximum atomic E-state index is 11.9. The first-order chi connectivity index (χ1) is 8.16. The monoisotopic (exact) mass is 245 g/mol. The van der Waals surface area contributed by atoms with E-state index < -0.39 is 0 Å². The number of amides is 1. The van der Waals surface area contributed by atoms with Crippen LogP contribution in [0, 0.1) is 13.8 Å². The van der Waals surface area contributed by atoms with Crippen LogP contribution in [0.2, 0.25) is 0 Å². The van der Waals surface area contributed by atoms with Crippen LogP contribution in [0.4, 0.5) is 0 Å². The van der Waals surface area contributed by atoms with Crippen molar-refractivity contribution < 1.29 is 4.79 Å². The maximum absolute atomic E-state index is 11.9. The quantitative estimate of drug-likeness (QED) is 0.883. The molecule has 2 aromatic rings. The van der Waals surface area contributed by atoms with Crippen LogP contribution in [0.25, 0.3) is 0 Å². The first-order valence-corrected chi connectivity index (χ1v) is 6.37. The summed E-state index contributed by atoms with van der Waals surface area (Å²) < 4.78 is 0. The molecule has 0 aliphatic carbocycles. The molecule has 0 spiro atoms. The predicted octanol–water partition coefficient (Wildman–Crippen LogP) is 3.29. The van der Waals surface area contributed by atoms with Crippen LogP contribution in [0.5, 0.6) is 0 Å². The van der Waals surface area contributed by atoms with Crippen molar-refractivity contribution >= 4 is 17.2 Å². The summed E-state index contributed by atoms with van der Waals surface area (Å²) in [6.45, 7) is 4.58. The van der Waals surface area contributed by atoms with Crippen molar-refractivity contribution in [3.8, 4) is 0 Å². The molecule has 0 bridgehead atoms. The normalized spacial score (nSPS) is 10.2. The lowest BCUT2D eigenvalue weighted by atomic mass is 10.2. The second-order valence-electron chi connectivity index (χ2n) is 4.00. The van der Waals surface area contributed by atoms with Crippen LogP contribution in [-0.2, 0) is 6.54 Å². The van der Waals surface area contributed by atoms with Crippen molar-refractivity contribution in [3.63, 3.8) is 0 Å². The molecule has 0 unspecified atom stereocenters. The van der Waals surface area contributed by atoms with Gasteiger partial charge in [-0.3, -0.25) is 4.79 Å². The fourth-order valence-corrected chi connectivity index (χ4v) is 2.65. The van der Waals surface area contributed by atoms with Gasteiger partial charge in [0.15, 0.2) is 0 Å². The molecule has 2 rings (SSSR count). The van der Waals surface area contributed by atoms with E-state index in [-0.39, 0.29) is 5.91 Å². The minimum Gasteiger partial charge on any atom is -0.348 e. The van der Waals surface area contributed by atoms with Crippen molar-refractivity contribution in [1.82, 2.24) is 5.32 Å². The molecule has 88 valence electrons. The number of aryl methyl sites for hydroxylation is 2. The number of benzene rings is 1. The van der Waals surface area contributed by atoms with Crippen LogP contribution in [0.15, 0.2) is 36.4 Å². The van der Waals surface area contributed by atoms with Gasteiger partial charge in [0.05, 0.1) is 5.56 Å². The third-order valence-corrected chi connectivity index (χ3v) is 3.55. The van der Waals surface area contributed by atoms with E-state index >= 15 is 0 Å². The van der Waals surface area contributed by atoms with E-state index in [1.54, 1.807) is 11.3 Å². The molecule has 0 fully saturated rings. The molecule has 0 aliphatic rings. The Labute approximate surface area is 105 Å². The molecule has 3 heteroatoms. The average Bonchev–Trinajstić information content (AvgIpc) is 2.67. The Balaban J connectivity index is 2.01. The summed E-state index contributed by atoms with van der Waals surface area (Å²) in [5.41, 5.74) is 1.91. The van der Waals surface area contributed by atoms with E-state index in [0.717, 1.165) is 16.0 Å². The molecule has 0 atom stereocenters. The summed E-state index contributed by atoms with van der Waals surface area (Å²) in [5, 5.41) is 2.94. The molecule has 1 aromatic heterocycles. The third kappa shape index (κ3) is 2.94. The first kappa shape index (κ1) is 11.9. The number of thiophene rings is 1. The Morgan fingerprint density at radius 2 is 1.94 bits per heavy atom. The summed E-state index contributed by atoms with van der Waals surface area (Å²) in [7, 11) is 0. The molecule has 1 N–H and O–H groups in total. The summed E-state index contributed by atoms with van der Waals surface area (Å²) in [5.74, 6) is 0.00991. The van der Waals surface area contributed by atoms with Crippen LogP contribution >= 0.6 is 11.3 Å². The smallest absolute Gasteiger partial charge is 0.252 e. The van der Waals surface area contributed by atoms with Crippen LogP contribution < -0.4 is 5.32 Å². The van der Waals surface area contributed by atoms with Gasteiger partial charge in [-0.1, -0.05) is 30.3 Å². The first-order valence-electron chi connectivity index (χ1n) is 5.56. The summed E-state index contributed by atoms with van der Waals surface area (Å²) in [6, 6.07) is 11.9. The van der Waals surface area contributed by atoms with E-state index in [1.807, 2.05) is 50.2 Å². The highest BCUT2D eigenvalue weighted by molar-refractivity contribution is 7.12. The highest BCUT2D eigenvalue weighted by Gasteiger charge is 2.11. The van der Waals surface area contributed by atoms with Gasteiger partial charge in [0.25, 0.3) is 5.91 Å². The molecular formula is C14H15NOS. The summed E-state index contributed by atoms with van der Waals surface area (Å²) in [6.07, 6.45) is 0. The van der Waals surface area contributed by atoms with Gasteiger partial charge in [-0.15, -0.1) is 11.3 Å². The lowest BCUT2D eigenvalue weighted by Gasteiger charge is -2.04. The van der Waals surface area contributed by atoms with Gasteiger partial charge in [-0.05, 0) is 25.5 Å². The molecule has 1 aromatic carbocycles. The summed E-state index contributed by atoms with van der Waals surface area (Å²) in [4.78, 5) is 14.2.